The van der Waals surface area contributed by atoms with Gasteiger partial charge in [-0.3, -0.25) is 19.5 Å². The van der Waals surface area contributed by atoms with Crippen LogP contribution in [0.3, 0.4) is 0 Å². The standard InChI is InChI=1S/C32H33Cl2N7O2.ClH/c1-18(2)41-13-11-19-14-25(36-15-20(19)17-41)31(42)38-23-8-4-6-21(28(23)33)22-7-5-9-24(29(22)34)39-32(43)30-37-26-16-35-12-10-27(26)40(30)3;/h4-9,14-15,18,35H,10-13,16-17H2,1-3H3,(H,38,42)(H,39,43);1H. The van der Waals surface area contributed by atoms with Crippen molar-refractivity contribution >= 4 is 58.8 Å². The predicted octanol–water partition coefficient (Wildman–Crippen LogP) is 6.13. The Morgan fingerprint density at radius 1 is 0.955 bits per heavy atom. The highest BCUT2D eigenvalue weighted by Crippen LogP contribution is 2.40. The van der Waals surface area contributed by atoms with Gasteiger partial charge in [-0.05, 0) is 49.6 Å². The van der Waals surface area contributed by atoms with Crippen LogP contribution in [0.1, 0.15) is 57.5 Å². The molecule has 0 saturated heterocycles. The van der Waals surface area contributed by atoms with Crippen molar-refractivity contribution in [2.24, 2.45) is 7.05 Å². The molecule has 0 aliphatic carbocycles. The van der Waals surface area contributed by atoms with Gasteiger partial charge in [0.15, 0.2) is 5.82 Å². The number of carbonyl (C=O) groups is 2. The topological polar surface area (TPSA) is 104 Å². The number of nitrogens with one attached hydrogen (secondary N) is 3. The lowest BCUT2D eigenvalue weighted by Crippen LogP contribution is -2.36. The van der Waals surface area contributed by atoms with E-state index in [0.717, 1.165) is 55.0 Å². The number of nitrogens with zero attached hydrogens (tertiary/aromatic N) is 4. The fourth-order valence-electron chi connectivity index (χ4n) is 5.72. The van der Waals surface area contributed by atoms with Crippen LogP contribution in [-0.4, -0.2) is 50.4 Å². The highest BCUT2D eigenvalue weighted by Gasteiger charge is 2.24. The van der Waals surface area contributed by atoms with Crippen LogP contribution in [0, 0.1) is 0 Å². The number of rotatable bonds is 6. The summed E-state index contributed by atoms with van der Waals surface area (Å²) in [6.07, 6.45) is 3.48. The first-order valence-electron chi connectivity index (χ1n) is 14.4. The highest BCUT2D eigenvalue weighted by molar-refractivity contribution is 6.40. The van der Waals surface area contributed by atoms with Gasteiger partial charge in [0.1, 0.15) is 5.69 Å². The molecule has 0 unspecified atom stereocenters. The molecule has 0 spiro atoms. The van der Waals surface area contributed by atoms with E-state index in [1.54, 1.807) is 30.5 Å². The van der Waals surface area contributed by atoms with Gasteiger partial charge in [0.05, 0.1) is 27.1 Å². The molecule has 2 amide bonds. The van der Waals surface area contributed by atoms with Crippen molar-refractivity contribution in [3.8, 4) is 11.1 Å². The zero-order valence-corrected chi connectivity index (χ0v) is 27.0. The minimum atomic E-state index is -0.350. The largest absolute Gasteiger partial charge is 0.327 e. The summed E-state index contributed by atoms with van der Waals surface area (Å²) in [6, 6.07) is 13.0. The Labute approximate surface area is 272 Å². The minimum Gasteiger partial charge on any atom is -0.327 e. The molecule has 0 saturated carbocycles. The maximum absolute atomic E-state index is 13.2. The average Bonchev–Trinajstić information content (AvgIpc) is 3.35. The number of fused-ring (bicyclic) bond motifs is 2. The average molecular weight is 655 g/mol. The second-order valence-corrected chi connectivity index (χ2v) is 12.0. The first-order valence-corrected chi connectivity index (χ1v) is 15.1. The van der Waals surface area contributed by atoms with Crippen molar-refractivity contribution < 1.29 is 9.59 Å². The van der Waals surface area contributed by atoms with Crippen LogP contribution >= 0.6 is 35.6 Å². The molecule has 230 valence electrons. The molecule has 44 heavy (non-hydrogen) atoms. The fraction of sp³-hybridized carbons (Fsp3) is 0.312. The molecule has 9 nitrogen and oxygen atoms in total. The van der Waals surface area contributed by atoms with E-state index in [2.05, 4.69) is 44.7 Å². The number of halogens is 3. The SMILES string of the molecule is CC(C)N1CCc2cc(C(=O)Nc3cccc(-c4cccc(NC(=O)c5nc6c(n5C)CCNC6)c4Cl)c3Cl)ncc2C1.Cl. The lowest BCUT2D eigenvalue weighted by atomic mass is 10.00. The molecule has 4 heterocycles. The van der Waals surface area contributed by atoms with Gasteiger partial charge >= 0.3 is 0 Å². The Hall–Kier alpha value is -3.47. The van der Waals surface area contributed by atoms with Gasteiger partial charge in [-0.25, -0.2) is 4.98 Å². The van der Waals surface area contributed by atoms with E-state index in [1.165, 1.54) is 0 Å². The second kappa shape index (κ2) is 13.3. The Morgan fingerprint density at radius 3 is 2.25 bits per heavy atom. The third-order valence-corrected chi connectivity index (χ3v) is 9.02. The summed E-state index contributed by atoms with van der Waals surface area (Å²) in [4.78, 5) is 37.8. The third-order valence-electron chi connectivity index (χ3n) is 8.20. The number of anilines is 2. The van der Waals surface area contributed by atoms with Crippen LogP contribution < -0.4 is 16.0 Å². The van der Waals surface area contributed by atoms with Crippen molar-refractivity contribution in [2.75, 3.05) is 23.7 Å². The first-order chi connectivity index (χ1) is 20.7. The van der Waals surface area contributed by atoms with Gasteiger partial charge in [-0.2, -0.15) is 0 Å². The Kier molecular flexibility index (Phi) is 9.62. The number of amides is 2. The van der Waals surface area contributed by atoms with Crippen molar-refractivity contribution in [1.82, 2.24) is 24.8 Å². The Bertz CT molecular complexity index is 1740. The third kappa shape index (κ3) is 6.20. The molecular formula is C32H34Cl3N7O2. The van der Waals surface area contributed by atoms with E-state index >= 15 is 0 Å². The number of hydrogen-bond donors (Lipinski definition) is 3. The van der Waals surface area contributed by atoms with E-state index in [0.29, 0.717) is 56.7 Å². The van der Waals surface area contributed by atoms with Gasteiger partial charge in [0.25, 0.3) is 11.8 Å². The van der Waals surface area contributed by atoms with Crippen molar-refractivity contribution in [2.45, 2.75) is 45.8 Å². The predicted molar refractivity (Wildman–Crippen MR) is 177 cm³/mol. The summed E-state index contributed by atoms with van der Waals surface area (Å²) in [5.74, 6) is -0.364. The van der Waals surface area contributed by atoms with E-state index in [9.17, 15) is 9.59 Å². The minimum absolute atomic E-state index is 0. The van der Waals surface area contributed by atoms with Crippen molar-refractivity contribution in [1.29, 1.82) is 0 Å². The quantitative estimate of drug-likeness (QED) is 0.231. The molecule has 0 fully saturated rings. The van der Waals surface area contributed by atoms with Gasteiger partial charge in [0, 0.05) is 68.7 Å². The maximum Gasteiger partial charge on any atom is 0.291 e. The number of imidazole rings is 1. The normalized spacial score (nSPS) is 14.4. The Balaban J connectivity index is 0.00000384. The van der Waals surface area contributed by atoms with E-state index in [1.807, 2.05) is 29.8 Å². The second-order valence-electron chi connectivity index (χ2n) is 11.2. The number of benzene rings is 2. The smallest absolute Gasteiger partial charge is 0.291 e. The maximum atomic E-state index is 13.2. The number of aromatic nitrogens is 3. The van der Waals surface area contributed by atoms with Crippen LogP contribution in [0.5, 0.6) is 0 Å². The fourth-order valence-corrected chi connectivity index (χ4v) is 6.27. The van der Waals surface area contributed by atoms with Crippen LogP contribution in [-0.2, 0) is 33.0 Å². The monoisotopic (exact) mass is 653 g/mol. The molecule has 6 rings (SSSR count). The van der Waals surface area contributed by atoms with Gasteiger partial charge in [-0.1, -0.05) is 47.5 Å². The lowest BCUT2D eigenvalue weighted by Gasteiger charge is -2.31. The number of pyridine rings is 1. The highest BCUT2D eigenvalue weighted by atomic mass is 35.5. The van der Waals surface area contributed by atoms with E-state index in [-0.39, 0.29) is 24.2 Å². The summed E-state index contributed by atoms with van der Waals surface area (Å²) in [5.41, 5.74) is 6.67. The number of carbonyl (C=O) groups excluding carboxylic acids is 2. The first kappa shape index (κ1) is 31.9. The van der Waals surface area contributed by atoms with Crippen LogP contribution in [0.25, 0.3) is 11.1 Å². The number of hydrogen-bond acceptors (Lipinski definition) is 6. The molecule has 2 aliphatic rings. The van der Waals surface area contributed by atoms with Crippen LogP contribution in [0.2, 0.25) is 10.0 Å². The molecule has 12 heteroatoms. The van der Waals surface area contributed by atoms with Crippen LogP contribution in [0.15, 0.2) is 48.7 Å². The van der Waals surface area contributed by atoms with Crippen molar-refractivity contribution in [3.05, 3.63) is 92.7 Å². The Morgan fingerprint density at radius 2 is 1.61 bits per heavy atom. The van der Waals surface area contributed by atoms with Gasteiger partial charge in [-0.15, -0.1) is 12.4 Å². The lowest BCUT2D eigenvalue weighted by molar-refractivity contribution is 0.100. The summed E-state index contributed by atoms with van der Waals surface area (Å²) >= 11 is 13.7. The van der Waals surface area contributed by atoms with E-state index < -0.39 is 0 Å². The van der Waals surface area contributed by atoms with Crippen molar-refractivity contribution in [3.63, 3.8) is 0 Å². The molecule has 2 aliphatic heterocycles. The molecule has 2 aromatic heterocycles. The molecule has 0 radical (unpaired) electrons. The molecule has 3 N–H and O–H groups in total. The molecule has 0 atom stereocenters. The molecular weight excluding hydrogens is 621 g/mol. The zero-order valence-electron chi connectivity index (χ0n) is 24.7. The summed E-state index contributed by atoms with van der Waals surface area (Å²) in [7, 11) is 1.85. The van der Waals surface area contributed by atoms with Gasteiger partial charge in [0.2, 0.25) is 0 Å². The van der Waals surface area contributed by atoms with Crippen LogP contribution in [0.4, 0.5) is 11.4 Å². The summed E-state index contributed by atoms with van der Waals surface area (Å²) in [6.45, 7) is 7.63. The molecule has 4 aromatic rings. The summed E-state index contributed by atoms with van der Waals surface area (Å²) < 4.78 is 1.84. The molecule has 2 aromatic carbocycles. The molecule has 0 bridgehead atoms. The van der Waals surface area contributed by atoms with E-state index in [4.69, 9.17) is 23.2 Å². The van der Waals surface area contributed by atoms with Gasteiger partial charge < -0.3 is 20.5 Å². The zero-order chi connectivity index (χ0) is 30.2. The summed E-state index contributed by atoms with van der Waals surface area (Å²) in [5, 5.41) is 9.76.